The summed E-state index contributed by atoms with van der Waals surface area (Å²) in [6, 6.07) is 8.41. The Morgan fingerprint density at radius 2 is 1.90 bits per heavy atom. The molecule has 20 heavy (non-hydrogen) atoms. The highest BCUT2D eigenvalue weighted by Gasteiger charge is 2.01. The van der Waals surface area contributed by atoms with E-state index >= 15 is 0 Å². The van der Waals surface area contributed by atoms with Crippen molar-refractivity contribution in [3.05, 3.63) is 29.8 Å². The molecule has 0 aromatic heterocycles. The fraction of sp³-hybridized carbons (Fsp3) is 0.562. The minimum atomic E-state index is 0.129. The van der Waals surface area contributed by atoms with Crippen molar-refractivity contribution in [2.75, 3.05) is 20.2 Å². The molecule has 0 aliphatic heterocycles. The molecule has 0 saturated heterocycles. The number of methoxy groups -OCH3 is 1. The number of carbonyl (C=O) groups is 1. The van der Waals surface area contributed by atoms with E-state index in [1.807, 2.05) is 24.3 Å². The van der Waals surface area contributed by atoms with Gasteiger partial charge in [-0.05, 0) is 37.1 Å². The Morgan fingerprint density at radius 3 is 2.50 bits per heavy atom. The van der Waals surface area contributed by atoms with Crippen molar-refractivity contribution in [1.82, 2.24) is 10.6 Å². The summed E-state index contributed by atoms with van der Waals surface area (Å²) in [5.74, 6) is 0.986. The molecule has 4 nitrogen and oxygen atoms in total. The van der Waals surface area contributed by atoms with E-state index in [2.05, 4.69) is 24.5 Å². The molecule has 2 N–H and O–H groups in total. The summed E-state index contributed by atoms with van der Waals surface area (Å²) < 4.78 is 5.11. The van der Waals surface area contributed by atoms with Gasteiger partial charge < -0.3 is 15.4 Å². The average molecular weight is 278 g/mol. The van der Waals surface area contributed by atoms with Gasteiger partial charge in [0.25, 0.3) is 0 Å². The maximum Gasteiger partial charge on any atom is 0.220 e. The van der Waals surface area contributed by atoms with Crippen LogP contribution in [0.4, 0.5) is 0 Å². The molecule has 0 bridgehead atoms. The number of hydrogen-bond acceptors (Lipinski definition) is 3. The Hall–Kier alpha value is -1.55. The van der Waals surface area contributed by atoms with Gasteiger partial charge in [-0.2, -0.15) is 0 Å². The van der Waals surface area contributed by atoms with Crippen LogP contribution in [0.5, 0.6) is 5.75 Å². The van der Waals surface area contributed by atoms with E-state index in [9.17, 15) is 4.79 Å². The van der Waals surface area contributed by atoms with Crippen molar-refractivity contribution >= 4 is 5.91 Å². The van der Waals surface area contributed by atoms with Crippen LogP contribution in [0.15, 0.2) is 24.3 Å². The Morgan fingerprint density at radius 1 is 1.20 bits per heavy atom. The highest BCUT2D eigenvalue weighted by molar-refractivity contribution is 5.75. The zero-order valence-electron chi connectivity index (χ0n) is 12.7. The number of amides is 1. The Kier molecular flexibility index (Phi) is 7.73. The first-order valence-corrected chi connectivity index (χ1v) is 7.25. The molecule has 0 saturated carbocycles. The fourth-order valence-corrected chi connectivity index (χ4v) is 1.87. The SMILES string of the molecule is COc1ccc(CCNC(=O)CCCNC(C)C)cc1. The third-order valence-electron chi connectivity index (χ3n) is 3.03. The van der Waals surface area contributed by atoms with Gasteiger partial charge in [-0.25, -0.2) is 0 Å². The molecule has 1 rings (SSSR count). The molecule has 4 heteroatoms. The van der Waals surface area contributed by atoms with Crippen molar-refractivity contribution in [3.8, 4) is 5.75 Å². The van der Waals surface area contributed by atoms with E-state index < -0.39 is 0 Å². The third-order valence-corrected chi connectivity index (χ3v) is 3.03. The van der Waals surface area contributed by atoms with Crippen LogP contribution in [0.2, 0.25) is 0 Å². The molecule has 0 radical (unpaired) electrons. The van der Waals surface area contributed by atoms with Crippen LogP contribution in [0, 0.1) is 0 Å². The highest BCUT2D eigenvalue weighted by atomic mass is 16.5. The van der Waals surface area contributed by atoms with Crippen LogP contribution in [0.25, 0.3) is 0 Å². The van der Waals surface area contributed by atoms with Gasteiger partial charge in [0.05, 0.1) is 7.11 Å². The number of rotatable bonds is 9. The van der Waals surface area contributed by atoms with Crippen LogP contribution >= 0.6 is 0 Å². The molecule has 0 aliphatic rings. The first-order valence-electron chi connectivity index (χ1n) is 7.25. The number of carbonyl (C=O) groups excluding carboxylic acids is 1. The number of ether oxygens (including phenoxy) is 1. The smallest absolute Gasteiger partial charge is 0.220 e. The van der Waals surface area contributed by atoms with Crippen LogP contribution < -0.4 is 15.4 Å². The second-order valence-electron chi connectivity index (χ2n) is 5.16. The van der Waals surface area contributed by atoms with Crippen LogP contribution in [-0.4, -0.2) is 32.1 Å². The summed E-state index contributed by atoms with van der Waals surface area (Å²) in [5, 5.41) is 6.25. The van der Waals surface area contributed by atoms with Crippen LogP contribution in [0.3, 0.4) is 0 Å². The van der Waals surface area contributed by atoms with E-state index in [1.54, 1.807) is 7.11 Å². The second-order valence-corrected chi connectivity index (χ2v) is 5.16. The summed E-state index contributed by atoms with van der Waals surface area (Å²) in [4.78, 5) is 11.6. The summed E-state index contributed by atoms with van der Waals surface area (Å²) in [6.07, 6.45) is 2.31. The lowest BCUT2D eigenvalue weighted by atomic mass is 10.1. The van der Waals surface area contributed by atoms with E-state index in [4.69, 9.17) is 4.74 Å². The fourth-order valence-electron chi connectivity index (χ4n) is 1.87. The zero-order valence-corrected chi connectivity index (χ0v) is 12.7. The third kappa shape index (κ3) is 7.14. The van der Waals surface area contributed by atoms with Gasteiger partial charge in [-0.3, -0.25) is 4.79 Å². The van der Waals surface area contributed by atoms with Crippen molar-refractivity contribution in [3.63, 3.8) is 0 Å². The van der Waals surface area contributed by atoms with Crippen LogP contribution in [0.1, 0.15) is 32.3 Å². The summed E-state index contributed by atoms with van der Waals surface area (Å²) >= 11 is 0. The molecule has 112 valence electrons. The zero-order chi connectivity index (χ0) is 14.8. The highest BCUT2D eigenvalue weighted by Crippen LogP contribution is 2.11. The van der Waals surface area contributed by atoms with Gasteiger partial charge in [0.1, 0.15) is 5.75 Å². The normalized spacial score (nSPS) is 10.6. The van der Waals surface area contributed by atoms with Crippen molar-refractivity contribution in [1.29, 1.82) is 0 Å². The first-order chi connectivity index (χ1) is 9.61. The molecule has 0 spiro atoms. The van der Waals surface area contributed by atoms with Gasteiger partial charge in [-0.1, -0.05) is 26.0 Å². The molecule has 0 unspecified atom stereocenters. The molecule has 1 amide bonds. The Bertz CT molecular complexity index is 388. The van der Waals surface area contributed by atoms with Gasteiger partial charge in [-0.15, -0.1) is 0 Å². The largest absolute Gasteiger partial charge is 0.497 e. The van der Waals surface area contributed by atoms with Crippen molar-refractivity contribution < 1.29 is 9.53 Å². The Balaban J connectivity index is 2.11. The molecule has 0 fully saturated rings. The van der Waals surface area contributed by atoms with Gasteiger partial charge >= 0.3 is 0 Å². The standard InChI is InChI=1S/C16H26N2O2/c1-13(2)17-11-4-5-16(19)18-12-10-14-6-8-15(20-3)9-7-14/h6-9,13,17H,4-5,10-12H2,1-3H3,(H,18,19). The molecule has 1 aromatic rings. The Labute approximate surface area is 121 Å². The number of benzene rings is 1. The van der Waals surface area contributed by atoms with Crippen molar-refractivity contribution in [2.24, 2.45) is 0 Å². The minimum absolute atomic E-state index is 0.129. The summed E-state index contributed by atoms with van der Waals surface area (Å²) in [5.41, 5.74) is 1.20. The predicted octanol–water partition coefficient (Wildman–Crippen LogP) is 2.13. The van der Waals surface area contributed by atoms with E-state index in [-0.39, 0.29) is 5.91 Å². The van der Waals surface area contributed by atoms with E-state index in [1.165, 1.54) is 5.56 Å². The van der Waals surface area contributed by atoms with Crippen molar-refractivity contribution in [2.45, 2.75) is 39.2 Å². The molecule has 0 aliphatic carbocycles. The molecule has 0 atom stereocenters. The number of nitrogens with one attached hydrogen (secondary N) is 2. The molecule has 1 aromatic carbocycles. The lowest BCUT2D eigenvalue weighted by molar-refractivity contribution is -0.121. The maximum absolute atomic E-state index is 11.6. The minimum Gasteiger partial charge on any atom is -0.497 e. The monoisotopic (exact) mass is 278 g/mol. The topological polar surface area (TPSA) is 50.4 Å². The molecular weight excluding hydrogens is 252 g/mol. The average Bonchev–Trinajstić information content (AvgIpc) is 2.44. The maximum atomic E-state index is 11.6. The summed E-state index contributed by atoms with van der Waals surface area (Å²) in [7, 11) is 1.66. The summed E-state index contributed by atoms with van der Waals surface area (Å²) in [6.45, 7) is 5.79. The van der Waals surface area contributed by atoms with Crippen LogP contribution in [-0.2, 0) is 11.2 Å². The quantitative estimate of drug-likeness (QED) is 0.680. The lowest BCUT2D eigenvalue weighted by Gasteiger charge is -2.08. The lowest BCUT2D eigenvalue weighted by Crippen LogP contribution is -2.28. The molecular formula is C16H26N2O2. The van der Waals surface area contributed by atoms with E-state index in [0.29, 0.717) is 19.0 Å². The first kappa shape index (κ1) is 16.5. The van der Waals surface area contributed by atoms with E-state index in [0.717, 1.165) is 25.1 Å². The van der Waals surface area contributed by atoms with Gasteiger partial charge in [0.2, 0.25) is 5.91 Å². The second kappa shape index (κ2) is 9.37. The molecule has 0 heterocycles. The van der Waals surface area contributed by atoms with Gasteiger partial charge in [0, 0.05) is 19.0 Å². The van der Waals surface area contributed by atoms with Gasteiger partial charge in [0.15, 0.2) is 0 Å². The predicted molar refractivity (Wildman–Crippen MR) is 82.1 cm³/mol. The number of hydrogen-bond donors (Lipinski definition) is 2.